The van der Waals surface area contributed by atoms with Gasteiger partial charge in [-0.15, -0.1) is 12.6 Å². The van der Waals surface area contributed by atoms with Crippen LogP contribution in [0.4, 0.5) is 0 Å². The number of carbonyl (C=O) groups is 1. The third kappa shape index (κ3) is 6.30. The van der Waals surface area contributed by atoms with Crippen molar-refractivity contribution in [2.75, 3.05) is 6.61 Å². The van der Waals surface area contributed by atoms with Crippen LogP contribution in [0.2, 0.25) is 0 Å². The molecule has 1 aromatic rings. The van der Waals surface area contributed by atoms with Crippen molar-refractivity contribution in [1.82, 2.24) is 0 Å². The summed E-state index contributed by atoms with van der Waals surface area (Å²) in [5, 5.41) is 8.61. The maximum Gasteiger partial charge on any atom is 0.303 e. The lowest BCUT2D eigenvalue weighted by molar-refractivity contribution is -0.137. The molecule has 0 heterocycles. The Labute approximate surface area is 139 Å². The molecule has 1 N–H and O–H groups in total. The van der Waals surface area contributed by atoms with Gasteiger partial charge in [-0.05, 0) is 36.0 Å². The predicted molar refractivity (Wildman–Crippen MR) is 93.2 cm³/mol. The molecule has 124 valence electrons. The Morgan fingerprint density at radius 2 is 2.00 bits per heavy atom. The van der Waals surface area contributed by atoms with Crippen LogP contribution in [-0.4, -0.2) is 17.7 Å². The van der Waals surface area contributed by atoms with Crippen LogP contribution in [0, 0.1) is 0 Å². The monoisotopic (exact) mass is 324 g/mol. The Morgan fingerprint density at radius 3 is 2.59 bits per heavy atom. The van der Waals surface area contributed by atoms with Crippen LogP contribution in [0.1, 0.15) is 64.9 Å². The highest BCUT2D eigenvalue weighted by Gasteiger charge is 2.20. The molecule has 3 nitrogen and oxygen atoms in total. The van der Waals surface area contributed by atoms with Gasteiger partial charge in [0.2, 0.25) is 0 Å². The molecule has 4 heteroatoms. The summed E-state index contributed by atoms with van der Waals surface area (Å²) in [5.74, 6) is -0.0688. The molecular weight excluding hydrogens is 296 g/mol. The Kier molecular flexibility index (Phi) is 7.80. The first-order valence-electron chi connectivity index (χ1n) is 8.05. The van der Waals surface area contributed by atoms with Gasteiger partial charge in [-0.2, -0.15) is 0 Å². The molecule has 0 fully saturated rings. The third-order valence-corrected chi connectivity index (χ3v) is 4.29. The second-order valence-electron chi connectivity index (χ2n) is 6.37. The van der Waals surface area contributed by atoms with E-state index in [2.05, 4.69) is 45.5 Å². The number of thiol groups is 1. The van der Waals surface area contributed by atoms with Crippen molar-refractivity contribution < 1.29 is 14.6 Å². The minimum Gasteiger partial charge on any atom is -0.492 e. The van der Waals surface area contributed by atoms with E-state index in [0.29, 0.717) is 13.0 Å². The molecular formula is C18H28O3S. The summed E-state index contributed by atoms with van der Waals surface area (Å²) >= 11 is 4.51. The van der Waals surface area contributed by atoms with E-state index < -0.39 is 5.97 Å². The summed E-state index contributed by atoms with van der Waals surface area (Å²) in [5.41, 5.74) is 1.40. The minimum absolute atomic E-state index is 0.129. The average Bonchev–Trinajstić information content (AvgIpc) is 2.44. The molecule has 0 spiro atoms. The number of rotatable bonds is 10. The zero-order valence-electron chi connectivity index (χ0n) is 13.9. The maximum absolute atomic E-state index is 10.5. The zero-order valence-corrected chi connectivity index (χ0v) is 14.8. The van der Waals surface area contributed by atoms with Crippen LogP contribution in [0.3, 0.4) is 0 Å². The summed E-state index contributed by atoms with van der Waals surface area (Å²) in [6, 6.07) is 6.11. The highest BCUT2D eigenvalue weighted by atomic mass is 32.1. The maximum atomic E-state index is 10.5. The fraction of sp³-hybridized carbons (Fsp3) is 0.611. The highest BCUT2D eigenvalue weighted by molar-refractivity contribution is 7.80. The SMILES string of the molecule is CCCCCC(C)(C)c1ccc(OCCCC(=O)O)c(S)c1. The van der Waals surface area contributed by atoms with Crippen LogP contribution in [0.5, 0.6) is 5.75 Å². The van der Waals surface area contributed by atoms with Crippen molar-refractivity contribution in [2.24, 2.45) is 0 Å². The van der Waals surface area contributed by atoms with E-state index in [-0.39, 0.29) is 11.8 Å². The van der Waals surface area contributed by atoms with Gasteiger partial charge in [0.05, 0.1) is 6.61 Å². The largest absolute Gasteiger partial charge is 0.492 e. The average molecular weight is 324 g/mol. The van der Waals surface area contributed by atoms with Crippen LogP contribution >= 0.6 is 12.6 Å². The molecule has 22 heavy (non-hydrogen) atoms. The molecule has 0 aromatic heterocycles. The summed E-state index contributed by atoms with van der Waals surface area (Å²) in [4.78, 5) is 11.3. The van der Waals surface area contributed by atoms with Gasteiger partial charge >= 0.3 is 5.97 Å². The van der Waals surface area contributed by atoms with Crippen LogP contribution in [0.25, 0.3) is 0 Å². The number of aliphatic carboxylic acids is 1. The number of carboxylic acid groups (broad SMARTS) is 1. The molecule has 0 unspecified atom stereocenters. The Balaban J connectivity index is 2.62. The molecule has 0 aliphatic carbocycles. The van der Waals surface area contributed by atoms with Crippen molar-refractivity contribution in [1.29, 1.82) is 0 Å². The number of benzene rings is 1. The van der Waals surface area contributed by atoms with E-state index in [4.69, 9.17) is 9.84 Å². The standard InChI is InChI=1S/C18H28O3S/c1-4-5-6-11-18(2,3)14-9-10-15(16(22)13-14)21-12-7-8-17(19)20/h9-10,13,22H,4-8,11-12H2,1-3H3,(H,19,20). The second kappa shape index (κ2) is 9.09. The Bertz CT molecular complexity index is 483. The first-order valence-corrected chi connectivity index (χ1v) is 8.49. The van der Waals surface area contributed by atoms with Gasteiger partial charge in [0.15, 0.2) is 0 Å². The molecule has 0 radical (unpaired) electrons. The first-order chi connectivity index (χ1) is 10.4. The van der Waals surface area contributed by atoms with Crippen LogP contribution in [0.15, 0.2) is 23.1 Å². The van der Waals surface area contributed by atoms with E-state index in [0.717, 1.165) is 17.1 Å². The molecule has 0 saturated carbocycles. The summed E-state index contributed by atoms with van der Waals surface area (Å²) in [6.45, 7) is 7.14. The van der Waals surface area contributed by atoms with Gasteiger partial charge in [0, 0.05) is 11.3 Å². The normalized spacial score (nSPS) is 11.5. The van der Waals surface area contributed by atoms with Crippen LogP contribution < -0.4 is 4.74 Å². The van der Waals surface area contributed by atoms with Crippen molar-refractivity contribution in [2.45, 2.75) is 69.6 Å². The van der Waals surface area contributed by atoms with E-state index in [1.165, 1.54) is 24.8 Å². The number of hydrogen-bond donors (Lipinski definition) is 2. The summed E-state index contributed by atoms with van der Waals surface area (Å²) in [7, 11) is 0. The first kappa shape index (κ1) is 18.9. The number of hydrogen-bond acceptors (Lipinski definition) is 3. The molecule has 0 aliphatic rings. The smallest absolute Gasteiger partial charge is 0.303 e. The fourth-order valence-corrected chi connectivity index (χ4v) is 2.71. The third-order valence-electron chi connectivity index (χ3n) is 3.94. The van der Waals surface area contributed by atoms with Gasteiger partial charge in [-0.25, -0.2) is 0 Å². The molecule has 0 amide bonds. The van der Waals surface area contributed by atoms with Gasteiger partial charge in [-0.3, -0.25) is 4.79 Å². The molecule has 0 atom stereocenters. The van der Waals surface area contributed by atoms with Gasteiger partial charge in [0.1, 0.15) is 5.75 Å². The molecule has 0 aliphatic heterocycles. The van der Waals surface area contributed by atoms with Gasteiger partial charge < -0.3 is 9.84 Å². The number of ether oxygens (including phenoxy) is 1. The summed E-state index contributed by atoms with van der Waals surface area (Å²) in [6.07, 6.45) is 5.53. The molecule has 1 aromatic carbocycles. The van der Waals surface area contributed by atoms with Crippen molar-refractivity contribution in [3.8, 4) is 5.75 Å². The molecule has 1 rings (SSSR count). The topological polar surface area (TPSA) is 46.5 Å². The lowest BCUT2D eigenvalue weighted by atomic mass is 9.80. The summed E-state index contributed by atoms with van der Waals surface area (Å²) < 4.78 is 5.61. The molecule has 0 saturated heterocycles. The van der Waals surface area contributed by atoms with Crippen molar-refractivity contribution >= 4 is 18.6 Å². The number of unbranched alkanes of at least 4 members (excludes halogenated alkanes) is 2. The second-order valence-corrected chi connectivity index (χ2v) is 6.85. The quantitative estimate of drug-likeness (QED) is 0.466. The highest BCUT2D eigenvalue weighted by Crippen LogP contribution is 2.33. The molecule has 0 bridgehead atoms. The van der Waals surface area contributed by atoms with Crippen molar-refractivity contribution in [3.63, 3.8) is 0 Å². The minimum atomic E-state index is -0.793. The van der Waals surface area contributed by atoms with Crippen molar-refractivity contribution in [3.05, 3.63) is 23.8 Å². The Hall–Kier alpha value is -1.16. The fourth-order valence-electron chi connectivity index (χ4n) is 2.43. The van der Waals surface area contributed by atoms with E-state index in [1.54, 1.807) is 0 Å². The lowest BCUT2D eigenvalue weighted by Crippen LogP contribution is -2.17. The number of carboxylic acids is 1. The van der Waals surface area contributed by atoms with E-state index in [9.17, 15) is 4.79 Å². The van der Waals surface area contributed by atoms with E-state index >= 15 is 0 Å². The Morgan fingerprint density at radius 1 is 1.27 bits per heavy atom. The van der Waals surface area contributed by atoms with Gasteiger partial charge in [-0.1, -0.05) is 46.1 Å². The lowest BCUT2D eigenvalue weighted by Gasteiger charge is -2.26. The predicted octanol–water partition coefficient (Wildman–Crippen LogP) is 5.08. The zero-order chi connectivity index (χ0) is 16.6. The van der Waals surface area contributed by atoms with E-state index in [1.807, 2.05) is 6.07 Å². The van der Waals surface area contributed by atoms with Gasteiger partial charge in [0.25, 0.3) is 0 Å². The van der Waals surface area contributed by atoms with Crippen LogP contribution in [-0.2, 0) is 10.2 Å².